The lowest BCUT2D eigenvalue weighted by molar-refractivity contribution is -0.185. The molecule has 5 heteroatoms. The monoisotopic (exact) mass is 364 g/mol. The summed E-state index contributed by atoms with van der Waals surface area (Å²) in [5.41, 5.74) is 1.04. The van der Waals surface area contributed by atoms with Crippen molar-refractivity contribution >= 4 is 15.9 Å². The highest BCUT2D eigenvalue weighted by Crippen LogP contribution is 2.43. The molecule has 21 heavy (non-hydrogen) atoms. The van der Waals surface area contributed by atoms with Crippen LogP contribution in [-0.4, -0.2) is 18.1 Å². The van der Waals surface area contributed by atoms with Crippen LogP contribution in [0, 0.1) is 11.8 Å². The third kappa shape index (κ3) is 4.38. The van der Waals surface area contributed by atoms with E-state index in [1.54, 1.807) is 7.11 Å². The minimum Gasteiger partial charge on any atom is -0.496 e. The number of hydrogen-bond donors (Lipinski definition) is 0. The van der Waals surface area contributed by atoms with E-state index in [2.05, 4.69) is 15.9 Å². The number of halogens is 4. The summed E-state index contributed by atoms with van der Waals surface area (Å²) in [6, 6.07) is 7.68. The number of benzene rings is 1. The number of para-hydroxylation sites is 1. The first kappa shape index (κ1) is 16.7. The number of alkyl halides is 4. The van der Waals surface area contributed by atoms with Gasteiger partial charge in [-0.15, -0.1) is 0 Å². The Morgan fingerprint density at radius 1 is 1.29 bits per heavy atom. The van der Waals surface area contributed by atoms with Crippen LogP contribution in [0.15, 0.2) is 24.3 Å². The molecule has 0 heterocycles. The van der Waals surface area contributed by atoms with E-state index >= 15 is 0 Å². The van der Waals surface area contributed by atoms with Crippen LogP contribution in [0.2, 0.25) is 0 Å². The maximum atomic E-state index is 12.9. The molecule has 1 aromatic rings. The van der Waals surface area contributed by atoms with E-state index in [-0.39, 0.29) is 23.6 Å². The Balaban J connectivity index is 2.01. The molecule has 118 valence electrons. The van der Waals surface area contributed by atoms with Crippen LogP contribution in [0.4, 0.5) is 13.2 Å². The number of methoxy groups -OCH3 is 1. The van der Waals surface area contributed by atoms with Gasteiger partial charge in [-0.1, -0.05) is 40.5 Å². The summed E-state index contributed by atoms with van der Waals surface area (Å²) in [4.78, 5) is 0.0546. The third-order valence-corrected chi connectivity index (χ3v) is 5.37. The predicted molar refractivity (Wildman–Crippen MR) is 80.9 cm³/mol. The highest BCUT2D eigenvalue weighted by molar-refractivity contribution is 9.09. The maximum Gasteiger partial charge on any atom is 0.391 e. The molecule has 1 fully saturated rings. The summed E-state index contributed by atoms with van der Waals surface area (Å²) in [6.45, 7) is 0. The largest absolute Gasteiger partial charge is 0.496 e. The van der Waals surface area contributed by atoms with E-state index in [1.165, 1.54) is 0 Å². The summed E-state index contributed by atoms with van der Waals surface area (Å²) >= 11 is 3.61. The average molecular weight is 365 g/mol. The summed E-state index contributed by atoms with van der Waals surface area (Å²) < 4.78 is 44.0. The first-order valence-electron chi connectivity index (χ1n) is 7.24. The van der Waals surface area contributed by atoms with E-state index in [4.69, 9.17) is 4.74 Å². The van der Waals surface area contributed by atoms with Crippen LogP contribution in [0.5, 0.6) is 5.75 Å². The Morgan fingerprint density at radius 3 is 2.67 bits per heavy atom. The molecule has 0 N–H and O–H groups in total. The SMILES string of the molecule is COc1ccccc1CC(Br)C1CCCC(C(F)(F)F)C1. The molecule has 1 aromatic carbocycles. The fourth-order valence-electron chi connectivity index (χ4n) is 3.10. The van der Waals surface area contributed by atoms with Gasteiger partial charge < -0.3 is 4.74 Å². The van der Waals surface area contributed by atoms with Crippen molar-refractivity contribution < 1.29 is 17.9 Å². The molecule has 1 aliphatic rings. The molecular weight excluding hydrogens is 345 g/mol. The Morgan fingerprint density at radius 2 is 2.00 bits per heavy atom. The molecule has 0 spiro atoms. The van der Waals surface area contributed by atoms with Gasteiger partial charge in [0.15, 0.2) is 0 Å². The van der Waals surface area contributed by atoms with Gasteiger partial charge in [0.2, 0.25) is 0 Å². The second-order valence-corrected chi connectivity index (χ2v) is 6.87. The number of hydrogen-bond acceptors (Lipinski definition) is 1. The summed E-state index contributed by atoms with van der Waals surface area (Å²) in [5, 5.41) is 0. The van der Waals surface area contributed by atoms with E-state index < -0.39 is 12.1 Å². The highest BCUT2D eigenvalue weighted by Gasteiger charge is 2.43. The lowest BCUT2D eigenvalue weighted by Crippen LogP contribution is -2.32. The van der Waals surface area contributed by atoms with Crippen LogP contribution in [0.1, 0.15) is 31.2 Å². The van der Waals surface area contributed by atoms with Crippen molar-refractivity contribution in [2.75, 3.05) is 7.11 Å². The minimum absolute atomic E-state index is 0.0546. The van der Waals surface area contributed by atoms with Gasteiger partial charge in [-0.2, -0.15) is 13.2 Å². The van der Waals surface area contributed by atoms with Crippen LogP contribution in [0.25, 0.3) is 0 Å². The number of ether oxygens (including phenoxy) is 1. The summed E-state index contributed by atoms with van der Waals surface area (Å²) in [5.74, 6) is -0.283. The molecule has 3 atom stereocenters. The fraction of sp³-hybridized carbons (Fsp3) is 0.625. The zero-order valence-electron chi connectivity index (χ0n) is 12.0. The van der Waals surface area contributed by atoms with Gasteiger partial charge in [0.25, 0.3) is 0 Å². The van der Waals surface area contributed by atoms with Crippen molar-refractivity contribution in [1.82, 2.24) is 0 Å². The molecular formula is C16H20BrF3O. The van der Waals surface area contributed by atoms with Crippen LogP contribution in [0.3, 0.4) is 0 Å². The van der Waals surface area contributed by atoms with Gasteiger partial charge >= 0.3 is 6.18 Å². The molecule has 1 aliphatic carbocycles. The smallest absolute Gasteiger partial charge is 0.391 e. The molecule has 0 bridgehead atoms. The normalized spacial score (nSPS) is 24.6. The molecule has 1 nitrogen and oxygen atoms in total. The van der Waals surface area contributed by atoms with Gasteiger partial charge in [-0.3, -0.25) is 0 Å². The zero-order chi connectivity index (χ0) is 15.5. The fourth-order valence-corrected chi connectivity index (χ4v) is 3.93. The Hall–Kier alpha value is -0.710. The number of rotatable bonds is 4. The Bertz CT molecular complexity index is 461. The second-order valence-electron chi connectivity index (χ2n) is 5.70. The molecule has 0 radical (unpaired) electrons. The standard InChI is InChI=1S/C16H20BrF3O/c1-21-15-8-3-2-5-12(15)10-14(17)11-6-4-7-13(9-11)16(18,19)20/h2-3,5,8,11,13-14H,4,6-7,9-10H2,1H3. The topological polar surface area (TPSA) is 9.23 Å². The van der Waals surface area contributed by atoms with E-state index in [9.17, 15) is 13.2 Å². The predicted octanol–water partition coefficient (Wildman–Crippen LogP) is 5.37. The third-order valence-electron chi connectivity index (χ3n) is 4.30. The van der Waals surface area contributed by atoms with Crippen molar-refractivity contribution in [2.45, 2.75) is 43.1 Å². The molecule has 0 aliphatic heterocycles. The van der Waals surface area contributed by atoms with Gasteiger partial charge in [-0.05, 0) is 43.2 Å². The van der Waals surface area contributed by atoms with Crippen molar-refractivity contribution in [3.63, 3.8) is 0 Å². The van der Waals surface area contributed by atoms with Crippen LogP contribution in [-0.2, 0) is 6.42 Å². The molecule has 2 rings (SSSR count). The van der Waals surface area contributed by atoms with Gasteiger partial charge in [0.05, 0.1) is 13.0 Å². The van der Waals surface area contributed by atoms with E-state index in [1.807, 2.05) is 24.3 Å². The zero-order valence-corrected chi connectivity index (χ0v) is 13.6. The molecule has 3 unspecified atom stereocenters. The Labute approximate surface area is 132 Å². The van der Waals surface area contributed by atoms with Gasteiger partial charge in [0.1, 0.15) is 5.75 Å². The van der Waals surface area contributed by atoms with Crippen molar-refractivity contribution in [2.24, 2.45) is 11.8 Å². The van der Waals surface area contributed by atoms with Crippen molar-refractivity contribution in [3.05, 3.63) is 29.8 Å². The van der Waals surface area contributed by atoms with Crippen LogP contribution >= 0.6 is 15.9 Å². The average Bonchev–Trinajstić information content (AvgIpc) is 2.47. The first-order chi connectivity index (χ1) is 9.91. The first-order valence-corrected chi connectivity index (χ1v) is 8.16. The van der Waals surface area contributed by atoms with Gasteiger partial charge in [-0.25, -0.2) is 0 Å². The lowest BCUT2D eigenvalue weighted by atomic mass is 9.78. The molecule has 1 saturated carbocycles. The molecule has 0 aromatic heterocycles. The second kappa shape index (κ2) is 7.03. The van der Waals surface area contributed by atoms with Crippen LogP contribution < -0.4 is 4.74 Å². The van der Waals surface area contributed by atoms with E-state index in [0.29, 0.717) is 12.8 Å². The van der Waals surface area contributed by atoms with E-state index in [0.717, 1.165) is 17.7 Å². The lowest BCUT2D eigenvalue weighted by Gasteiger charge is -2.33. The molecule has 0 saturated heterocycles. The highest BCUT2D eigenvalue weighted by atomic mass is 79.9. The minimum atomic E-state index is -4.06. The summed E-state index contributed by atoms with van der Waals surface area (Å²) in [7, 11) is 1.61. The summed E-state index contributed by atoms with van der Waals surface area (Å²) in [6.07, 6.45) is -1.35. The maximum absolute atomic E-state index is 12.9. The Kier molecular flexibility index (Phi) is 5.58. The van der Waals surface area contributed by atoms with Crippen molar-refractivity contribution in [1.29, 1.82) is 0 Å². The van der Waals surface area contributed by atoms with Crippen molar-refractivity contribution in [3.8, 4) is 5.75 Å². The quantitative estimate of drug-likeness (QED) is 0.652. The molecule has 0 amide bonds. The van der Waals surface area contributed by atoms with Gasteiger partial charge in [0, 0.05) is 4.83 Å².